The first-order valence-corrected chi connectivity index (χ1v) is 13.8. The molecule has 1 spiro atoms. The number of carbonyl (C=O) groups excluding carboxylic acids is 4. The maximum Gasteiger partial charge on any atom is 0.471 e. The Labute approximate surface area is 231 Å². The van der Waals surface area contributed by atoms with E-state index in [1.54, 1.807) is 17.4 Å². The quantitative estimate of drug-likeness (QED) is 0.421. The third-order valence-electron chi connectivity index (χ3n) is 8.38. The van der Waals surface area contributed by atoms with Gasteiger partial charge in [-0.2, -0.15) is 13.2 Å². The summed E-state index contributed by atoms with van der Waals surface area (Å²) in [6.45, 7) is 4.60. The largest absolute Gasteiger partial charge is 0.471 e. The highest BCUT2D eigenvalue weighted by Crippen LogP contribution is 2.45. The number of para-hydroxylation sites is 1. The van der Waals surface area contributed by atoms with Crippen molar-refractivity contribution in [3.8, 4) is 0 Å². The van der Waals surface area contributed by atoms with E-state index in [0.717, 1.165) is 37.7 Å². The molecule has 4 rings (SSSR count). The fourth-order valence-electron chi connectivity index (χ4n) is 6.24. The molecule has 220 valence electrons. The van der Waals surface area contributed by atoms with Gasteiger partial charge in [0.25, 0.3) is 0 Å². The number of likely N-dealkylation sites (tertiary alicyclic amines) is 1. The molecule has 5 N–H and O–H groups in total. The number of alkyl halides is 3. The summed E-state index contributed by atoms with van der Waals surface area (Å²) in [5.74, 6) is -3.73. The zero-order chi connectivity index (χ0) is 29.5. The topological polar surface area (TPSA) is 134 Å². The number of hydrogen-bond acceptors (Lipinski definition) is 5. The molecule has 9 nitrogen and oxygen atoms in total. The van der Waals surface area contributed by atoms with E-state index < -0.39 is 53.0 Å². The first kappa shape index (κ1) is 29.8. The summed E-state index contributed by atoms with van der Waals surface area (Å²) < 4.78 is 39.1. The lowest BCUT2D eigenvalue weighted by atomic mass is 9.80. The van der Waals surface area contributed by atoms with Crippen LogP contribution in [-0.2, 0) is 24.6 Å². The van der Waals surface area contributed by atoms with Crippen molar-refractivity contribution in [3.63, 3.8) is 0 Å². The molecule has 1 aliphatic carbocycles. The molecular formula is C28H38F3N5O4. The predicted molar refractivity (Wildman–Crippen MR) is 142 cm³/mol. The normalized spacial score (nSPS) is 24.8. The van der Waals surface area contributed by atoms with Gasteiger partial charge in [-0.1, -0.05) is 71.1 Å². The molecule has 4 amide bonds. The Hall–Kier alpha value is -3.15. The van der Waals surface area contributed by atoms with Crippen molar-refractivity contribution in [2.45, 2.75) is 95.6 Å². The van der Waals surface area contributed by atoms with Crippen molar-refractivity contribution in [1.29, 1.82) is 0 Å². The average Bonchev–Trinajstić information content (AvgIpc) is 3.36. The summed E-state index contributed by atoms with van der Waals surface area (Å²) in [5, 5.41) is 7.33. The third-order valence-corrected chi connectivity index (χ3v) is 8.38. The van der Waals surface area contributed by atoms with Gasteiger partial charge in [-0.15, -0.1) is 0 Å². The Morgan fingerprint density at radius 1 is 1.10 bits per heavy atom. The number of rotatable bonds is 6. The van der Waals surface area contributed by atoms with Crippen LogP contribution in [0.1, 0.15) is 71.3 Å². The Balaban J connectivity index is 1.59. The number of carbonyl (C=O) groups is 4. The average molecular weight is 566 g/mol. The molecule has 0 aromatic heterocycles. The van der Waals surface area contributed by atoms with Crippen LogP contribution >= 0.6 is 0 Å². The highest BCUT2D eigenvalue weighted by molar-refractivity contribution is 6.07. The van der Waals surface area contributed by atoms with Crippen LogP contribution in [0.25, 0.3) is 0 Å². The summed E-state index contributed by atoms with van der Waals surface area (Å²) >= 11 is 0. The number of fused-ring (bicyclic) bond motifs is 2. The number of nitrogens with zero attached hydrogens (tertiary/aromatic N) is 1. The van der Waals surface area contributed by atoms with Gasteiger partial charge in [0.2, 0.25) is 17.7 Å². The van der Waals surface area contributed by atoms with E-state index >= 15 is 0 Å². The molecule has 0 radical (unpaired) electrons. The van der Waals surface area contributed by atoms with Crippen molar-refractivity contribution >= 4 is 29.3 Å². The lowest BCUT2D eigenvalue weighted by Gasteiger charge is -2.35. The lowest BCUT2D eigenvalue weighted by Crippen LogP contribution is -2.60. The highest BCUT2D eigenvalue weighted by atomic mass is 19.4. The second kappa shape index (κ2) is 11.0. The molecule has 1 aromatic rings. The number of nitrogens with one attached hydrogen (secondary N) is 3. The summed E-state index contributed by atoms with van der Waals surface area (Å²) in [5.41, 5.74) is 5.73. The molecule has 2 heterocycles. The minimum atomic E-state index is -5.17. The molecular weight excluding hydrogens is 527 g/mol. The van der Waals surface area contributed by atoms with Crippen LogP contribution in [0.5, 0.6) is 0 Å². The van der Waals surface area contributed by atoms with Crippen LogP contribution in [0, 0.1) is 11.3 Å². The summed E-state index contributed by atoms with van der Waals surface area (Å²) in [6, 6.07) is 4.59. The Morgan fingerprint density at radius 3 is 2.38 bits per heavy atom. The van der Waals surface area contributed by atoms with Gasteiger partial charge >= 0.3 is 12.1 Å². The number of halogens is 3. The molecule has 2 aliphatic heterocycles. The number of amides is 4. The van der Waals surface area contributed by atoms with Crippen molar-refractivity contribution in [2.75, 3.05) is 11.9 Å². The van der Waals surface area contributed by atoms with Crippen molar-refractivity contribution in [3.05, 3.63) is 29.8 Å². The fourth-order valence-corrected chi connectivity index (χ4v) is 6.24. The Kier molecular flexibility index (Phi) is 8.22. The zero-order valence-electron chi connectivity index (χ0n) is 23.1. The van der Waals surface area contributed by atoms with Gasteiger partial charge in [-0.25, -0.2) is 0 Å². The molecule has 12 heteroatoms. The molecule has 1 aromatic carbocycles. The van der Waals surface area contributed by atoms with E-state index in [1.807, 2.05) is 12.1 Å². The second-order valence-electron chi connectivity index (χ2n) is 12.4. The molecule has 1 unspecified atom stereocenters. The van der Waals surface area contributed by atoms with Crippen LogP contribution in [0.2, 0.25) is 0 Å². The molecule has 1 saturated heterocycles. The van der Waals surface area contributed by atoms with Gasteiger partial charge in [0.15, 0.2) is 0 Å². The SMILES string of the molecule is CC(C)(C)[C@H](NC(=O)C(F)(F)F)C(=O)NC(CC1CCCCC1)C(=O)N1C[C@]2(C[C@H]1N)C(=O)Nc1ccccc12. The molecule has 0 bridgehead atoms. The van der Waals surface area contributed by atoms with Gasteiger partial charge in [0.1, 0.15) is 12.1 Å². The smallest absolute Gasteiger partial charge is 0.342 e. The van der Waals surface area contributed by atoms with Crippen molar-refractivity contribution in [1.82, 2.24) is 15.5 Å². The maximum atomic E-state index is 14.0. The van der Waals surface area contributed by atoms with Crippen LogP contribution < -0.4 is 21.7 Å². The molecule has 3 aliphatic rings. The number of benzene rings is 1. The monoisotopic (exact) mass is 565 g/mol. The molecule has 1 saturated carbocycles. The summed E-state index contributed by atoms with van der Waals surface area (Å²) in [4.78, 5) is 53.7. The summed E-state index contributed by atoms with van der Waals surface area (Å²) in [7, 11) is 0. The standard InChI is InChI=1S/C28H38F3N5O4/c1-26(2,3)21(35-25(40)28(29,30)31)22(37)33-19(13-16-9-5-4-6-10-16)23(38)36-15-27(14-20(36)32)17-11-7-8-12-18(17)34-24(27)39/h7-8,11-12,16,19-21H,4-6,9-10,13-15,32H2,1-3H3,(H,33,37)(H,34,39)(H,35,40)/t19?,20-,21+,27-/m0/s1. The number of nitrogens with two attached hydrogens (primary N) is 1. The van der Waals surface area contributed by atoms with Crippen molar-refractivity contribution < 1.29 is 32.3 Å². The molecule has 4 atom stereocenters. The highest BCUT2D eigenvalue weighted by Gasteiger charge is 2.55. The first-order valence-electron chi connectivity index (χ1n) is 13.8. The van der Waals surface area contributed by atoms with Gasteiger partial charge in [-0.3, -0.25) is 19.2 Å². The van der Waals surface area contributed by atoms with E-state index in [9.17, 15) is 32.3 Å². The van der Waals surface area contributed by atoms with Gasteiger partial charge in [-0.05, 0) is 29.4 Å². The number of hydrogen-bond donors (Lipinski definition) is 4. The lowest BCUT2D eigenvalue weighted by molar-refractivity contribution is -0.175. The van der Waals surface area contributed by atoms with Crippen LogP contribution in [0.4, 0.5) is 18.9 Å². The minimum Gasteiger partial charge on any atom is -0.342 e. The van der Waals surface area contributed by atoms with E-state index in [-0.39, 0.29) is 31.2 Å². The fraction of sp³-hybridized carbons (Fsp3) is 0.643. The Bertz CT molecular complexity index is 1160. The van der Waals surface area contributed by atoms with E-state index in [1.165, 1.54) is 25.7 Å². The van der Waals surface area contributed by atoms with E-state index in [2.05, 4.69) is 10.6 Å². The zero-order valence-corrected chi connectivity index (χ0v) is 23.1. The summed E-state index contributed by atoms with van der Waals surface area (Å²) in [6.07, 6.45) is -0.743. The van der Waals surface area contributed by atoms with E-state index in [4.69, 9.17) is 5.73 Å². The maximum absolute atomic E-state index is 14.0. The third kappa shape index (κ3) is 5.96. The Morgan fingerprint density at radius 2 is 1.75 bits per heavy atom. The predicted octanol–water partition coefficient (Wildman–Crippen LogP) is 2.94. The van der Waals surface area contributed by atoms with Crippen molar-refractivity contribution in [2.24, 2.45) is 17.1 Å². The van der Waals surface area contributed by atoms with Gasteiger partial charge < -0.3 is 26.6 Å². The van der Waals surface area contributed by atoms with Crippen LogP contribution in [0.15, 0.2) is 24.3 Å². The van der Waals surface area contributed by atoms with E-state index in [0.29, 0.717) is 5.69 Å². The van der Waals surface area contributed by atoms with Crippen LogP contribution in [0.3, 0.4) is 0 Å². The van der Waals surface area contributed by atoms with Gasteiger partial charge in [0, 0.05) is 18.7 Å². The molecule has 40 heavy (non-hydrogen) atoms. The number of anilines is 1. The first-order chi connectivity index (χ1) is 18.6. The van der Waals surface area contributed by atoms with Gasteiger partial charge in [0.05, 0.1) is 11.6 Å². The second-order valence-corrected chi connectivity index (χ2v) is 12.4. The van der Waals surface area contributed by atoms with Crippen LogP contribution in [-0.4, -0.2) is 59.5 Å². The minimum absolute atomic E-state index is 0.0143. The molecule has 2 fully saturated rings.